The number of aryl methyl sites for hydroxylation is 1. The highest BCUT2D eigenvalue weighted by molar-refractivity contribution is 5.76. The molecule has 1 aromatic rings. The van der Waals surface area contributed by atoms with Gasteiger partial charge in [0.15, 0.2) is 0 Å². The summed E-state index contributed by atoms with van der Waals surface area (Å²) in [6.45, 7) is 0.427. The lowest BCUT2D eigenvalue weighted by Gasteiger charge is -2.17. The lowest BCUT2D eigenvalue weighted by atomic mass is 9.92. The van der Waals surface area contributed by atoms with Gasteiger partial charge in [-0.05, 0) is 43.2 Å². The number of rotatable bonds is 3. The van der Waals surface area contributed by atoms with E-state index < -0.39 is 0 Å². The van der Waals surface area contributed by atoms with Gasteiger partial charge in [-0.2, -0.15) is 0 Å². The molecule has 1 aromatic heterocycles. The van der Waals surface area contributed by atoms with Crippen LogP contribution in [0.1, 0.15) is 55.7 Å². The number of aromatic nitrogens is 1. The second-order valence-electron chi connectivity index (χ2n) is 5.96. The SMILES string of the molecule is NC1CCCc2cn(CC(=O)NC3CCCC3)cc21. The molecule has 1 heterocycles. The Kier molecular flexibility index (Phi) is 3.60. The Morgan fingerprint density at radius 3 is 2.79 bits per heavy atom. The fourth-order valence-corrected chi connectivity index (χ4v) is 3.38. The fraction of sp³-hybridized carbons (Fsp3) is 0.667. The first-order valence-corrected chi connectivity index (χ1v) is 7.46. The Bertz CT molecular complexity index is 460. The van der Waals surface area contributed by atoms with Gasteiger partial charge >= 0.3 is 0 Å². The van der Waals surface area contributed by atoms with Gasteiger partial charge in [0.1, 0.15) is 6.54 Å². The summed E-state index contributed by atoms with van der Waals surface area (Å²) in [7, 11) is 0. The van der Waals surface area contributed by atoms with E-state index in [1.54, 1.807) is 0 Å². The molecule has 0 radical (unpaired) electrons. The van der Waals surface area contributed by atoms with Crippen LogP contribution < -0.4 is 11.1 Å². The summed E-state index contributed by atoms with van der Waals surface area (Å²) in [6, 6.07) is 0.558. The maximum absolute atomic E-state index is 12.0. The highest BCUT2D eigenvalue weighted by Crippen LogP contribution is 2.28. The number of carbonyl (C=O) groups excluding carboxylic acids is 1. The summed E-state index contributed by atoms with van der Waals surface area (Å²) < 4.78 is 2.00. The molecular formula is C15H23N3O. The number of nitrogens with two attached hydrogens (primary N) is 1. The van der Waals surface area contributed by atoms with E-state index in [0.29, 0.717) is 12.6 Å². The summed E-state index contributed by atoms with van der Waals surface area (Å²) in [5, 5.41) is 3.13. The predicted molar refractivity (Wildman–Crippen MR) is 74.7 cm³/mol. The normalized spacial score (nSPS) is 23.3. The molecule has 2 aliphatic carbocycles. The first-order valence-electron chi connectivity index (χ1n) is 7.46. The molecule has 1 atom stereocenters. The van der Waals surface area contributed by atoms with Crippen LogP contribution in [-0.4, -0.2) is 16.5 Å². The Hall–Kier alpha value is -1.29. The number of hydrogen-bond donors (Lipinski definition) is 2. The van der Waals surface area contributed by atoms with E-state index in [1.807, 2.05) is 4.57 Å². The smallest absolute Gasteiger partial charge is 0.240 e. The molecule has 19 heavy (non-hydrogen) atoms. The van der Waals surface area contributed by atoms with E-state index in [0.717, 1.165) is 32.1 Å². The Morgan fingerprint density at radius 1 is 1.26 bits per heavy atom. The maximum atomic E-state index is 12.0. The van der Waals surface area contributed by atoms with Crippen molar-refractivity contribution in [1.29, 1.82) is 0 Å². The molecule has 4 nitrogen and oxygen atoms in total. The maximum Gasteiger partial charge on any atom is 0.240 e. The highest BCUT2D eigenvalue weighted by Gasteiger charge is 2.20. The molecule has 0 spiro atoms. The van der Waals surface area contributed by atoms with Crippen molar-refractivity contribution in [2.24, 2.45) is 5.73 Å². The Labute approximate surface area is 114 Å². The van der Waals surface area contributed by atoms with Gasteiger partial charge in [0.2, 0.25) is 5.91 Å². The molecule has 0 bridgehead atoms. The van der Waals surface area contributed by atoms with Crippen molar-refractivity contribution in [3.8, 4) is 0 Å². The lowest BCUT2D eigenvalue weighted by Crippen LogP contribution is -2.34. The standard InChI is InChI=1S/C15H23N3O/c16-14-7-3-4-11-8-18(9-13(11)14)10-15(19)17-12-5-1-2-6-12/h8-9,12,14H,1-7,10,16H2,(H,17,19). The minimum absolute atomic E-state index is 0.132. The van der Waals surface area contributed by atoms with Gasteiger partial charge in [0.05, 0.1) is 0 Å². The number of nitrogens with one attached hydrogen (secondary N) is 1. The van der Waals surface area contributed by atoms with Crippen LogP contribution in [0.5, 0.6) is 0 Å². The van der Waals surface area contributed by atoms with Crippen LogP contribution in [0, 0.1) is 0 Å². The largest absolute Gasteiger partial charge is 0.352 e. The molecular weight excluding hydrogens is 238 g/mol. The highest BCUT2D eigenvalue weighted by atomic mass is 16.2. The number of fused-ring (bicyclic) bond motifs is 1. The zero-order valence-electron chi connectivity index (χ0n) is 11.4. The van der Waals surface area contributed by atoms with Crippen molar-refractivity contribution in [3.05, 3.63) is 23.5 Å². The van der Waals surface area contributed by atoms with Gasteiger partial charge in [-0.15, -0.1) is 0 Å². The molecule has 2 aliphatic rings. The molecule has 3 N–H and O–H groups in total. The van der Waals surface area contributed by atoms with Gasteiger partial charge in [0, 0.05) is 24.5 Å². The van der Waals surface area contributed by atoms with E-state index in [4.69, 9.17) is 5.73 Å². The third-order valence-electron chi connectivity index (χ3n) is 4.40. The monoisotopic (exact) mass is 261 g/mol. The molecule has 1 unspecified atom stereocenters. The Morgan fingerprint density at radius 2 is 2.05 bits per heavy atom. The van der Waals surface area contributed by atoms with Gasteiger partial charge in [-0.1, -0.05) is 12.8 Å². The number of carbonyl (C=O) groups is 1. The average molecular weight is 261 g/mol. The summed E-state index contributed by atoms with van der Waals surface area (Å²) in [4.78, 5) is 12.0. The molecule has 104 valence electrons. The molecule has 0 aliphatic heterocycles. The van der Waals surface area contributed by atoms with Gasteiger partial charge in [0.25, 0.3) is 0 Å². The van der Waals surface area contributed by atoms with Crippen LogP contribution in [0.2, 0.25) is 0 Å². The molecule has 1 amide bonds. The van der Waals surface area contributed by atoms with Crippen molar-refractivity contribution in [2.75, 3.05) is 0 Å². The minimum atomic E-state index is 0.132. The molecule has 4 heteroatoms. The minimum Gasteiger partial charge on any atom is -0.352 e. The van der Waals surface area contributed by atoms with Crippen LogP contribution >= 0.6 is 0 Å². The first-order chi connectivity index (χ1) is 9.22. The van der Waals surface area contributed by atoms with Crippen molar-refractivity contribution < 1.29 is 4.79 Å². The van der Waals surface area contributed by atoms with Crippen LogP contribution in [0.25, 0.3) is 0 Å². The number of nitrogens with zero attached hydrogens (tertiary/aromatic N) is 1. The van der Waals surface area contributed by atoms with E-state index >= 15 is 0 Å². The van der Waals surface area contributed by atoms with Crippen LogP contribution in [-0.2, 0) is 17.8 Å². The quantitative estimate of drug-likeness (QED) is 0.873. The molecule has 0 saturated heterocycles. The van der Waals surface area contributed by atoms with Crippen molar-refractivity contribution in [1.82, 2.24) is 9.88 Å². The average Bonchev–Trinajstić information content (AvgIpc) is 2.98. The summed E-state index contributed by atoms with van der Waals surface area (Å²) in [5.74, 6) is 0.132. The van der Waals surface area contributed by atoms with Gasteiger partial charge < -0.3 is 15.6 Å². The zero-order valence-corrected chi connectivity index (χ0v) is 11.4. The van der Waals surface area contributed by atoms with Crippen molar-refractivity contribution in [2.45, 2.75) is 63.6 Å². The molecule has 3 rings (SSSR count). The topological polar surface area (TPSA) is 60.0 Å². The van der Waals surface area contributed by atoms with Gasteiger partial charge in [-0.25, -0.2) is 0 Å². The zero-order chi connectivity index (χ0) is 13.2. The van der Waals surface area contributed by atoms with E-state index in [9.17, 15) is 4.79 Å². The lowest BCUT2D eigenvalue weighted by molar-refractivity contribution is -0.122. The van der Waals surface area contributed by atoms with E-state index in [2.05, 4.69) is 17.7 Å². The molecule has 0 aromatic carbocycles. The van der Waals surface area contributed by atoms with E-state index in [-0.39, 0.29) is 11.9 Å². The summed E-state index contributed by atoms with van der Waals surface area (Å²) in [6.07, 6.45) is 12.3. The van der Waals surface area contributed by atoms with E-state index in [1.165, 1.54) is 24.0 Å². The third kappa shape index (κ3) is 2.84. The second kappa shape index (κ2) is 5.37. The fourth-order valence-electron chi connectivity index (χ4n) is 3.38. The second-order valence-corrected chi connectivity index (χ2v) is 5.96. The summed E-state index contributed by atoms with van der Waals surface area (Å²) >= 11 is 0. The summed E-state index contributed by atoms with van der Waals surface area (Å²) in [5.41, 5.74) is 8.67. The first kappa shape index (κ1) is 12.7. The van der Waals surface area contributed by atoms with Crippen LogP contribution in [0.15, 0.2) is 12.4 Å². The van der Waals surface area contributed by atoms with Crippen molar-refractivity contribution >= 4 is 5.91 Å². The van der Waals surface area contributed by atoms with Crippen molar-refractivity contribution in [3.63, 3.8) is 0 Å². The third-order valence-corrected chi connectivity index (χ3v) is 4.40. The number of amides is 1. The number of hydrogen-bond acceptors (Lipinski definition) is 2. The van der Waals surface area contributed by atoms with Crippen LogP contribution in [0.3, 0.4) is 0 Å². The predicted octanol–water partition coefficient (Wildman–Crippen LogP) is 1.88. The molecule has 1 saturated carbocycles. The van der Waals surface area contributed by atoms with Gasteiger partial charge in [-0.3, -0.25) is 4.79 Å². The Balaban J connectivity index is 1.61. The van der Waals surface area contributed by atoms with Crippen LogP contribution in [0.4, 0.5) is 0 Å². The molecule has 1 fully saturated rings.